The van der Waals surface area contributed by atoms with Crippen molar-refractivity contribution >= 4 is 0 Å². The van der Waals surface area contributed by atoms with Crippen molar-refractivity contribution in [3.8, 4) is 0 Å². The molecule has 19 heavy (non-hydrogen) atoms. The lowest BCUT2D eigenvalue weighted by Crippen LogP contribution is -2.34. The Morgan fingerprint density at radius 3 is 2.32 bits per heavy atom. The molecule has 2 heteroatoms. The highest BCUT2D eigenvalue weighted by atomic mass is 16.3. The second-order valence-electron chi connectivity index (χ2n) is 6.26. The van der Waals surface area contributed by atoms with Crippen LogP contribution in [0.5, 0.6) is 0 Å². The van der Waals surface area contributed by atoms with Gasteiger partial charge >= 0.3 is 0 Å². The molecule has 0 saturated heterocycles. The molecule has 2 rings (SSSR count). The predicted molar refractivity (Wildman–Crippen MR) is 80.3 cm³/mol. The summed E-state index contributed by atoms with van der Waals surface area (Å²) in [4.78, 5) is 0. The van der Waals surface area contributed by atoms with E-state index in [0.717, 1.165) is 11.5 Å². The molecule has 0 bridgehead atoms. The van der Waals surface area contributed by atoms with Crippen LogP contribution in [0.25, 0.3) is 0 Å². The van der Waals surface area contributed by atoms with Gasteiger partial charge in [0.25, 0.3) is 0 Å². The van der Waals surface area contributed by atoms with Crippen LogP contribution in [0.15, 0.2) is 24.3 Å². The molecule has 1 aliphatic carbocycles. The van der Waals surface area contributed by atoms with Gasteiger partial charge in [0.15, 0.2) is 0 Å². The summed E-state index contributed by atoms with van der Waals surface area (Å²) >= 11 is 0. The fourth-order valence-corrected chi connectivity index (χ4v) is 2.93. The first-order chi connectivity index (χ1) is 9.08. The number of rotatable bonds is 5. The molecule has 106 valence electrons. The lowest BCUT2D eigenvalue weighted by Gasteiger charge is -2.20. The summed E-state index contributed by atoms with van der Waals surface area (Å²) in [6.45, 7) is 7.34. The molecule has 1 aromatic rings. The van der Waals surface area contributed by atoms with Gasteiger partial charge in [0.05, 0.1) is 6.10 Å². The Bertz CT molecular complexity index is 385. The highest BCUT2D eigenvalue weighted by Gasteiger charge is 2.23. The van der Waals surface area contributed by atoms with E-state index >= 15 is 0 Å². The summed E-state index contributed by atoms with van der Waals surface area (Å²) < 4.78 is 0. The highest BCUT2D eigenvalue weighted by Crippen LogP contribution is 2.25. The molecule has 2 nitrogen and oxygen atoms in total. The van der Waals surface area contributed by atoms with Gasteiger partial charge < -0.3 is 10.4 Å². The van der Waals surface area contributed by atoms with E-state index in [1.165, 1.54) is 24.8 Å². The lowest BCUT2D eigenvalue weighted by molar-refractivity contribution is 0.167. The van der Waals surface area contributed by atoms with Crippen LogP contribution in [0.2, 0.25) is 0 Å². The molecular weight excluding hydrogens is 234 g/mol. The van der Waals surface area contributed by atoms with Crippen LogP contribution in [0.3, 0.4) is 0 Å². The van der Waals surface area contributed by atoms with Gasteiger partial charge in [-0.15, -0.1) is 0 Å². The fraction of sp³-hybridized carbons (Fsp3) is 0.647. The van der Waals surface area contributed by atoms with Crippen molar-refractivity contribution in [2.24, 2.45) is 5.92 Å². The summed E-state index contributed by atoms with van der Waals surface area (Å²) in [5.74, 6) is 1.29. The first kappa shape index (κ1) is 14.5. The van der Waals surface area contributed by atoms with Crippen LogP contribution in [0, 0.1) is 5.92 Å². The van der Waals surface area contributed by atoms with Gasteiger partial charge in [0.1, 0.15) is 0 Å². The van der Waals surface area contributed by atoms with Gasteiger partial charge in [-0.3, -0.25) is 0 Å². The Labute approximate surface area is 117 Å². The number of hydrogen-bond donors (Lipinski definition) is 2. The van der Waals surface area contributed by atoms with E-state index in [0.29, 0.717) is 18.5 Å². The largest absolute Gasteiger partial charge is 0.387 e. The number of benzene rings is 1. The minimum absolute atomic E-state index is 0.394. The maximum atomic E-state index is 10.2. The summed E-state index contributed by atoms with van der Waals surface area (Å²) in [5, 5.41) is 13.8. The zero-order chi connectivity index (χ0) is 13.8. The van der Waals surface area contributed by atoms with Crippen molar-refractivity contribution in [2.45, 2.75) is 58.1 Å². The smallest absolute Gasteiger partial charge is 0.0914 e. The summed E-state index contributed by atoms with van der Waals surface area (Å²) in [7, 11) is 0. The molecule has 0 aliphatic heterocycles. The molecule has 0 spiro atoms. The molecule has 0 amide bonds. The van der Waals surface area contributed by atoms with E-state index in [1.807, 2.05) is 0 Å². The summed E-state index contributed by atoms with van der Waals surface area (Å²) in [6.07, 6.45) is 3.49. The van der Waals surface area contributed by atoms with Crippen LogP contribution < -0.4 is 5.32 Å². The number of aliphatic hydroxyl groups excluding tert-OH is 1. The molecule has 2 N–H and O–H groups in total. The molecule has 0 heterocycles. The maximum Gasteiger partial charge on any atom is 0.0914 e. The van der Waals surface area contributed by atoms with Crippen LogP contribution in [0.4, 0.5) is 0 Å². The minimum atomic E-state index is -0.394. The van der Waals surface area contributed by atoms with E-state index < -0.39 is 6.10 Å². The van der Waals surface area contributed by atoms with Crippen molar-refractivity contribution < 1.29 is 5.11 Å². The quantitative estimate of drug-likeness (QED) is 0.848. The van der Waals surface area contributed by atoms with Gasteiger partial charge in [0.2, 0.25) is 0 Å². The summed E-state index contributed by atoms with van der Waals surface area (Å²) in [6, 6.07) is 8.95. The number of aliphatic hydroxyl groups is 1. The standard InChI is InChI=1S/C17H27NO/c1-12(2)14-7-9-15(10-8-14)17(19)11-18-16-6-4-5-13(16)3/h7-10,12-13,16-19H,4-6,11H2,1-3H3. The van der Waals surface area contributed by atoms with Gasteiger partial charge in [-0.05, 0) is 35.8 Å². The summed E-state index contributed by atoms with van der Waals surface area (Å²) in [5.41, 5.74) is 2.34. The van der Waals surface area contributed by atoms with E-state index in [9.17, 15) is 5.11 Å². The van der Waals surface area contributed by atoms with E-state index in [2.05, 4.69) is 50.4 Å². The van der Waals surface area contributed by atoms with Gasteiger partial charge in [-0.1, -0.05) is 51.5 Å². The van der Waals surface area contributed by atoms with Crippen molar-refractivity contribution in [3.63, 3.8) is 0 Å². The third-order valence-electron chi connectivity index (χ3n) is 4.42. The van der Waals surface area contributed by atoms with Crippen molar-refractivity contribution in [1.29, 1.82) is 0 Å². The third-order valence-corrected chi connectivity index (χ3v) is 4.42. The molecule has 1 aromatic carbocycles. The molecule has 0 radical (unpaired) electrons. The van der Waals surface area contributed by atoms with Crippen LogP contribution in [0.1, 0.15) is 63.2 Å². The van der Waals surface area contributed by atoms with E-state index in [-0.39, 0.29) is 0 Å². The second kappa shape index (κ2) is 6.53. The van der Waals surface area contributed by atoms with Crippen molar-refractivity contribution in [3.05, 3.63) is 35.4 Å². The first-order valence-electron chi connectivity index (χ1n) is 7.59. The second-order valence-corrected chi connectivity index (χ2v) is 6.26. The van der Waals surface area contributed by atoms with Gasteiger partial charge in [-0.25, -0.2) is 0 Å². The maximum absolute atomic E-state index is 10.2. The normalized spacial score (nSPS) is 24.9. The highest BCUT2D eigenvalue weighted by molar-refractivity contribution is 5.26. The average Bonchev–Trinajstić information content (AvgIpc) is 2.81. The first-order valence-corrected chi connectivity index (χ1v) is 7.59. The lowest BCUT2D eigenvalue weighted by atomic mass is 9.99. The Balaban J connectivity index is 1.87. The fourth-order valence-electron chi connectivity index (χ4n) is 2.93. The van der Waals surface area contributed by atoms with Crippen LogP contribution in [-0.4, -0.2) is 17.7 Å². The minimum Gasteiger partial charge on any atom is -0.387 e. The monoisotopic (exact) mass is 261 g/mol. The van der Waals surface area contributed by atoms with Gasteiger partial charge in [-0.2, -0.15) is 0 Å². The van der Waals surface area contributed by atoms with Crippen molar-refractivity contribution in [2.75, 3.05) is 6.54 Å². The molecule has 1 aliphatic rings. The predicted octanol–water partition coefficient (Wildman–Crippen LogP) is 3.62. The SMILES string of the molecule is CC(C)c1ccc(C(O)CNC2CCCC2C)cc1. The Hall–Kier alpha value is -0.860. The number of hydrogen-bond acceptors (Lipinski definition) is 2. The Kier molecular flexibility index (Phi) is 5.00. The Morgan fingerprint density at radius 1 is 1.16 bits per heavy atom. The van der Waals surface area contributed by atoms with Crippen LogP contribution in [-0.2, 0) is 0 Å². The molecule has 3 unspecified atom stereocenters. The molecule has 0 aromatic heterocycles. The molecular formula is C17H27NO. The van der Waals surface area contributed by atoms with Crippen molar-refractivity contribution in [1.82, 2.24) is 5.32 Å². The molecule has 3 atom stereocenters. The van der Waals surface area contributed by atoms with Crippen LogP contribution >= 0.6 is 0 Å². The number of nitrogens with one attached hydrogen (secondary N) is 1. The van der Waals surface area contributed by atoms with E-state index in [1.54, 1.807) is 0 Å². The van der Waals surface area contributed by atoms with Gasteiger partial charge in [0, 0.05) is 12.6 Å². The zero-order valence-electron chi connectivity index (χ0n) is 12.4. The third kappa shape index (κ3) is 3.80. The van der Waals surface area contributed by atoms with E-state index in [4.69, 9.17) is 0 Å². The zero-order valence-corrected chi connectivity index (χ0v) is 12.4. The molecule has 1 saturated carbocycles. The topological polar surface area (TPSA) is 32.3 Å². The molecule has 1 fully saturated rings. The average molecular weight is 261 g/mol. The Morgan fingerprint density at radius 2 is 1.79 bits per heavy atom.